The second-order valence-electron chi connectivity index (χ2n) is 5.23. The largest absolute Gasteiger partial charge is 0.448 e. The number of piperidine rings is 1. The number of hydrogen-bond donors (Lipinski definition) is 0. The number of alkyl halides is 1. The average Bonchev–Trinajstić information content (AvgIpc) is 2.44. The molecule has 19 heavy (non-hydrogen) atoms. The number of rotatable bonds is 8. The van der Waals surface area contributed by atoms with Crippen LogP contribution in [0, 0.1) is 0 Å². The summed E-state index contributed by atoms with van der Waals surface area (Å²) in [5.74, 6) is -0.234. The van der Waals surface area contributed by atoms with E-state index < -0.39 is 0 Å². The molecule has 0 aromatic rings. The van der Waals surface area contributed by atoms with Gasteiger partial charge in [-0.1, -0.05) is 24.9 Å². The van der Waals surface area contributed by atoms with E-state index in [2.05, 4.69) is 23.6 Å². The van der Waals surface area contributed by atoms with Crippen LogP contribution in [0.5, 0.6) is 0 Å². The van der Waals surface area contributed by atoms with Crippen LogP contribution in [0.15, 0.2) is 0 Å². The van der Waals surface area contributed by atoms with Crippen LogP contribution in [0.25, 0.3) is 0 Å². The molecule has 1 fully saturated rings. The Morgan fingerprint density at radius 3 is 2.63 bits per heavy atom. The van der Waals surface area contributed by atoms with E-state index in [1.54, 1.807) is 0 Å². The van der Waals surface area contributed by atoms with Crippen LogP contribution >= 0.6 is 11.6 Å². The van der Waals surface area contributed by atoms with Gasteiger partial charge in [0.25, 0.3) is 0 Å². The number of halogens is 1. The van der Waals surface area contributed by atoms with E-state index in [0.717, 1.165) is 19.5 Å². The number of carbonyl (C=O) groups excluding carboxylic acids is 1. The lowest BCUT2D eigenvalue weighted by atomic mass is 10.1. The predicted molar refractivity (Wildman–Crippen MR) is 78.4 cm³/mol. The Morgan fingerprint density at radius 2 is 2.05 bits per heavy atom. The van der Waals surface area contributed by atoms with E-state index in [9.17, 15) is 4.79 Å². The van der Waals surface area contributed by atoms with Gasteiger partial charge in [0.05, 0.1) is 6.54 Å². The minimum Gasteiger partial charge on any atom is -0.448 e. The third-order valence-corrected chi connectivity index (χ3v) is 4.00. The van der Waals surface area contributed by atoms with E-state index in [-0.39, 0.29) is 12.0 Å². The fourth-order valence-corrected chi connectivity index (χ4v) is 2.67. The van der Waals surface area contributed by atoms with Gasteiger partial charge in [-0.3, -0.25) is 9.69 Å². The SMILES string of the molecule is CCN(CCC(C)N1CCCCC1)CC(=O)OCCl. The highest BCUT2D eigenvalue weighted by Crippen LogP contribution is 2.14. The fraction of sp³-hybridized carbons (Fsp3) is 0.929. The van der Waals surface area contributed by atoms with E-state index in [0.29, 0.717) is 12.6 Å². The molecule has 0 aromatic carbocycles. The lowest BCUT2D eigenvalue weighted by Crippen LogP contribution is -2.40. The molecule has 4 nitrogen and oxygen atoms in total. The first kappa shape index (κ1) is 16.7. The molecule has 1 aliphatic heterocycles. The summed E-state index contributed by atoms with van der Waals surface area (Å²) in [4.78, 5) is 16.1. The summed E-state index contributed by atoms with van der Waals surface area (Å²) < 4.78 is 4.77. The van der Waals surface area contributed by atoms with Crippen molar-refractivity contribution in [2.24, 2.45) is 0 Å². The second kappa shape index (κ2) is 9.56. The van der Waals surface area contributed by atoms with Crippen molar-refractivity contribution in [2.75, 3.05) is 38.8 Å². The molecule has 0 aliphatic carbocycles. The number of esters is 1. The number of carbonyl (C=O) groups is 1. The highest BCUT2D eigenvalue weighted by atomic mass is 35.5. The summed E-state index contributed by atoms with van der Waals surface area (Å²) in [5.41, 5.74) is 0. The third-order valence-electron chi connectivity index (χ3n) is 3.89. The zero-order chi connectivity index (χ0) is 14.1. The summed E-state index contributed by atoms with van der Waals surface area (Å²) in [6.45, 7) is 8.95. The first-order chi connectivity index (χ1) is 9.17. The molecule has 1 atom stereocenters. The molecule has 1 heterocycles. The lowest BCUT2D eigenvalue weighted by Gasteiger charge is -2.33. The van der Waals surface area contributed by atoms with Crippen molar-refractivity contribution in [1.82, 2.24) is 9.80 Å². The molecule has 0 bridgehead atoms. The van der Waals surface area contributed by atoms with Gasteiger partial charge in [0.1, 0.15) is 0 Å². The standard InChI is InChI=1S/C14H27ClN2O2/c1-3-16(11-14(18)19-12-15)10-7-13(2)17-8-5-4-6-9-17/h13H,3-12H2,1-2H3. The fourth-order valence-electron chi connectivity index (χ4n) is 2.55. The second-order valence-corrected chi connectivity index (χ2v) is 5.45. The number of ether oxygens (including phenoxy) is 1. The number of likely N-dealkylation sites (tertiary alicyclic amines) is 1. The Balaban J connectivity index is 2.25. The molecular weight excluding hydrogens is 264 g/mol. The van der Waals surface area contributed by atoms with Gasteiger partial charge in [-0.15, -0.1) is 0 Å². The van der Waals surface area contributed by atoms with Gasteiger partial charge < -0.3 is 9.64 Å². The van der Waals surface area contributed by atoms with E-state index in [4.69, 9.17) is 16.3 Å². The maximum atomic E-state index is 11.4. The van der Waals surface area contributed by atoms with E-state index in [1.807, 2.05) is 0 Å². The topological polar surface area (TPSA) is 32.8 Å². The van der Waals surface area contributed by atoms with Crippen molar-refractivity contribution in [3.63, 3.8) is 0 Å². The smallest absolute Gasteiger partial charge is 0.321 e. The molecule has 0 radical (unpaired) electrons. The molecule has 0 aromatic heterocycles. The first-order valence-corrected chi connectivity index (χ1v) is 7.88. The third kappa shape index (κ3) is 6.59. The summed E-state index contributed by atoms with van der Waals surface area (Å²) in [6, 6.07) is 0.541. The maximum absolute atomic E-state index is 11.4. The van der Waals surface area contributed by atoms with Crippen LogP contribution in [-0.4, -0.2) is 60.6 Å². The molecule has 0 spiro atoms. The zero-order valence-electron chi connectivity index (χ0n) is 12.2. The maximum Gasteiger partial charge on any atom is 0.321 e. The quantitative estimate of drug-likeness (QED) is 0.507. The average molecular weight is 291 g/mol. The number of likely N-dealkylation sites (N-methyl/N-ethyl adjacent to an activating group) is 1. The minimum atomic E-state index is -0.234. The van der Waals surface area contributed by atoms with E-state index >= 15 is 0 Å². The first-order valence-electron chi connectivity index (χ1n) is 7.35. The van der Waals surface area contributed by atoms with Gasteiger partial charge in [-0.05, 0) is 45.8 Å². The summed E-state index contributed by atoms with van der Waals surface area (Å²) in [5, 5.41) is 0. The molecule has 112 valence electrons. The molecule has 0 N–H and O–H groups in total. The monoisotopic (exact) mass is 290 g/mol. The molecule has 1 aliphatic rings. The van der Waals surface area contributed by atoms with Crippen molar-refractivity contribution < 1.29 is 9.53 Å². The lowest BCUT2D eigenvalue weighted by molar-refractivity contribution is -0.142. The van der Waals surface area contributed by atoms with Crippen LogP contribution in [0.4, 0.5) is 0 Å². The Morgan fingerprint density at radius 1 is 1.37 bits per heavy atom. The Bertz CT molecular complexity index is 258. The molecule has 1 rings (SSSR count). The van der Waals surface area contributed by atoms with Crippen molar-refractivity contribution >= 4 is 17.6 Å². The van der Waals surface area contributed by atoms with Crippen molar-refractivity contribution in [3.8, 4) is 0 Å². The zero-order valence-corrected chi connectivity index (χ0v) is 13.0. The molecule has 5 heteroatoms. The summed E-state index contributed by atoms with van der Waals surface area (Å²) in [6.07, 6.45) is 5.12. The Labute approximate surface area is 122 Å². The number of hydrogen-bond acceptors (Lipinski definition) is 4. The molecule has 0 saturated carbocycles. The van der Waals surface area contributed by atoms with E-state index in [1.165, 1.54) is 32.4 Å². The van der Waals surface area contributed by atoms with Gasteiger partial charge in [0.2, 0.25) is 0 Å². The Hall–Kier alpha value is -0.320. The van der Waals surface area contributed by atoms with Gasteiger partial charge in [0, 0.05) is 12.6 Å². The van der Waals surface area contributed by atoms with Crippen molar-refractivity contribution in [2.45, 2.75) is 45.6 Å². The molecule has 1 saturated heterocycles. The Kier molecular flexibility index (Phi) is 8.42. The van der Waals surface area contributed by atoms with Gasteiger partial charge >= 0.3 is 5.97 Å². The molecule has 1 unspecified atom stereocenters. The van der Waals surface area contributed by atoms with Crippen LogP contribution < -0.4 is 0 Å². The highest BCUT2D eigenvalue weighted by Gasteiger charge is 2.18. The van der Waals surface area contributed by atoms with Crippen molar-refractivity contribution in [1.29, 1.82) is 0 Å². The minimum absolute atomic E-state index is 0.0550. The predicted octanol–water partition coefficient (Wildman–Crippen LogP) is 2.31. The molecular formula is C14H27ClN2O2. The van der Waals surface area contributed by atoms with Gasteiger partial charge in [-0.25, -0.2) is 0 Å². The highest BCUT2D eigenvalue weighted by molar-refractivity contribution is 6.17. The van der Waals surface area contributed by atoms with Crippen molar-refractivity contribution in [3.05, 3.63) is 0 Å². The molecule has 0 amide bonds. The number of nitrogens with zero attached hydrogens (tertiary/aromatic N) is 2. The van der Waals surface area contributed by atoms with Gasteiger partial charge in [-0.2, -0.15) is 0 Å². The van der Waals surface area contributed by atoms with Crippen LogP contribution in [-0.2, 0) is 9.53 Å². The summed E-state index contributed by atoms with van der Waals surface area (Å²) in [7, 11) is 0. The van der Waals surface area contributed by atoms with Crippen LogP contribution in [0.2, 0.25) is 0 Å². The van der Waals surface area contributed by atoms with Gasteiger partial charge in [0.15, 0.2) is 6.07 Å². The van der Waals surface area contributed by atoms with Crippen LogP contribution in [0.1, 0.15) is 39.5 Å². The normalized spacial score (nSPS) is 18.5. The summed E-state index contributed by atoms with van der Waals surface area (Å²) >= 11 is 5.38. The van der Waals surface area contributed by atoms with Crippen LogP contribution in [0.3, 0.4) is 0 Å².